The number of anilines is 2. The Morgan fingerprint density at radius 1 is 1.19 bits per heavy atom. The maximum absolute atomic E-state index is 12.6. The first-order valence-electron chi connectivity index (χ1n) is 7.95. The van der Waals surface area contributed by atoms with Crippen molar-refractivity contribution >= 4 is 36.0 Å². The maximum Gasteiger partial charge on any atom is 0.255 e. The van der Waals surface area contributed by atoms with E-state index in [-0.39, 0.29) is 12.1 Å². The molecular formula is C19H19N2O3PS. The lowest BCUT2D eigenvalue weighted by atomic mass is 10.1. The van der Waals surface area contributed by atoms with Crippen molar-refractivity contribution in [3.05, 3.63) is 71.1 Å². The average Bonchev–Trinajstić information content (AvgIpc) is 3.10. The van der Waals surface area contributed by atoms with Crippen LogP contribution in [0.1, 0.15) is 15.9 Å². The maximum atomic E-state index is 12.6. The molecule has 5 nitrogen and oxygen atoms in total. The van der Waals surface area contributed by atoms with E-state index in [2.05, 4.69) is 5.32 Å². The van der Waals surface area contributed by atoms with Crippen molar-refractivity contribution in [2.24, 2.45) is 0 Å². The Bertz CT molecular complexity index is 980. The summed E-state index contributed by atoms with van der Waals surface area (Å²) >= 11 is 1.61. The molecule has 1 heterocycles. The molecule has 0 saturated heterocycles. The summed E-state index contributed by atoms with van der Waals surface area (Å²) in [5.74, 6) is -0.314. The molecule has 3 aromatic rings. The summed E-state index contributed by atoms with van der Waals surface area (Å²) in [4.78, 5) is 23.2. The van der Waals surface area contributed by atoms with Crippen molar-refractivity contribution in [3.8, 4) is 10.4 Å². The molecule has 0 saturated carbocycles. The molecule has 26 heavy (non-hydrogen) atoms. The Morgan fingerprint density at radius 2 is 2.00 bits per heavy atom. The zero-order valence-corrected chi connectivity index (χ0v) is 15.9. The van der Waals surface area contributed by atoms with Crippen LogP contribution in [0.5, 0.6) is 0 Å². The summed E-state index contributed by atoms with van der Waals surface area (Å²) in [5.41, 5.74) is 9.05. The SMILES string of the molecule is CP(=O)(O)Cc1cccc(C(=O)Nc2cc(-c3cccs3)ccc2N)c1. The molecule has 0 aliphatic carbocycles. The third-order valence-corrected chi connectivity index (χ3v) is 5.64. The second-order valence-electron chi connectivity index (χ2n) is 6.14. The van der Waals surface area contributed by atoms with Gasteiger partial charge in [-0.1, -0.05) is 24.3 Å². The number of nitrogen functional groups attached to an aromatic ring is 1. The predicted octanol–water partition coefficient (Wildman–Crippen LogP) is 4.65. The van der Waals surface area contributed by atoms with E-state index in [1.165, 1.54) is 6.66 Å². The first kappa shape index (κ1) is 18.4. The number of carbonyl (C=O) groups excluding carboxylic acids is 1. The summed E-state index contributed by atoms with van der Waals surface area (Å²) in [7, 11) is -3.20. The van der Waals surface area contributed by atoms with Crippen LogP contribution in [0.25, 0.3) is 10.4 Å². The summed E-state index contributed by atoms with van der Waals surface area (Å²) in [6.45, 7) is 1.30. The molecule has 3 rings (SSSR count). The van der Waals surface area contributed by atoms with Crippen LogP contribution in [0, 0.1) is 0 Å². The van der Waals surface area contributed by atoms with Gasteiger partial charge in [0.2, 0.25) is 7.37 Å². The Kier molecular flexibility index (Phi) is 5.28. The van der Waals surface area contributed by atoms with Crippen LogP contribution in [0.3, 0.4) is 0 Å². The van der Waals surface area contributed by atoms with Gasteiger partial charge in [0.25, 0.3) is 5.91 Å². The molecule has 0 aliphatic rings. The van der Waals surface area contributed by atoms with Gasteiger partial charge in [0.15, 0.2) is 0 Å². The van der Waals surface area contributed by atoms with E-state index < -0.39 is 7.37 Å². The normalized spacial score (nSPS) is 13.2. The third kappa shape index (κ3) is 4.61. The molecule has 2 aromatic carbocycles. The van der Waals surface area contributed by atoms with Gasteiger partial charge in [-0.2, -0.15) is 0 Å². The molecule has 1 amide bonds. The number of amides is 1. The number of nitrogens with one attached hydrogen (secondary N) is 1. The largest absolute Gasteiger partial charge is 0.397 e. The minimum absolute atomic E-state index is 0.0319. The number of nitrogens with two attached hydrogens (primary N) is 1. The molecule has 1 aromatic heterocycles. The van der Waals surface area contributed by atoms with Crippen molar-refractivity contribution in [3.63, 3.8) is 0 Å². The summed E-state index contributed by atoms with van der Waals surface area (Å²) in [6.07, 6.45) is 0.0319. The van der Waals surface area contributed by atoms with Gasteiger partial charge in [-0.15, -0.1) is 11.3 Å². The molecule has 0 spiro atoms. The van der Waals surface area contributed by atoms with Gasteiger partial charge in [0.05, 0.1) is 11.4 Å². The molecule has 0 radical (unpaired) electrons. The van der Waals surface area contributed by atoms with Gasteiger partial charge in [-0.25, -0.2) is 0 Å². The summed E-state index contributed by atoms with van der Waals surface area (Å²) in [6, 6.07) is 16.2. The van der Waals surface area contributed by atoms with Crippen molar-refractivity contribution in [2.45, 2.75) is 6.16 Å². The second kappa shape index (κ2) is 7.46. The topological polar surface area (TPSA) is 92.4 Å². The van der Waals surface area contributed by atoms with Crippen LogP contribution in [-0.2, 0) is 10.7 Å². The van der Waals surface area contributed by atoms with E-state index in [0.717, 1.165) is 10.4 Å². The van der Waals surface area contributed by atoms with Crippen LogP contribution < -0.4 is 11.1 Å². The van der Waals surface area contributed by atoms with E-state index in [1.807, 2.05) is 29.6 Å². The smallest absolute Gasteiger partial charge is 0.255 e. The number of hydrogen-bond donors (Lipinski definition) is 3. The number of thiophene rings is 1. The van der Waals surface area contributed by atoms with E-state index in [4.69, 9.17) is 5.73 Å². The fraction of sp³-hybridized carbons (Fsp3) is 0.105. The number of rotatable bonds is 5. The minimum atomic E-state index is -3.20. The van der Waals surface area contributed by atoms with Gasteiger partial charge < -0.3 is 15.9 Å². The van der Waals surface area contributed by atoms with Gasteiger partial charge >= 0.3 is 0 Å². The van der Waals surface area contributed by atoms with Gasteiger partial charge in [-0.3, -0.25) is 9.36 Å². The van der Waals surface area contributed by atoms with Crippen molar-refractivity contribution in [1.82, 2.24) is 0 Å². The lowest BCUT2D eigenvalue weighted by molar-refractivity contribution is 0.102. The number of carbonyl (C=O) groups is 1. The highest BCUT2D eigenvalue weighted by molar-refractivity contribution is 7.56. The third-order valence-electron chi connectivity index (χ3n) is 3.77. The van der Waals surface area contributed by atoms with Gasteiger partial charge in [0, 0.05) is 23.3 Å². The van der Waals surface area contributed by atoms with Crippen molar-refractivity contribution in [2.75, 3.05) is 17.7 Å². The van der Waals surface area contributed by atoms with E-state index in [1.54, 1.807) is 41.7 Å². The highest BCUT2D eigenvalue weighted by Gasteiger charge is 2.14. The molecule has 1 unspecified atom stereocenters. The van der Waals surface area contributed by atoms with Crippen molar-refractivity contribution in [1.29, 1.82) is 0 Å². The first-order chi connectivity index (χ1) is 12.3. The van der Waals surface area contributed by atoms with Crippen LogP contribution in [0.4, 0.5) is 11.4 Å². The molecule has 7 heteroatoms. The monoisotopic (exact) mass is 386 g/mol. The standard InChI is InChI=1S/C19H19N2O3PS/c1-25(23,24)12-13-4-2-5-15(10-13)19(22)21-17-11-14(7-8-16(17)20)18-6-3-9-26-18/h2-11H,12,20H2,1H3,(H,21,22)(H,23,24). The fourth-order valence-corrected chi connectivity index (χ4v) is 4.20. The zero-order valence-electron chi connectivity index (χ0n) is 14.2. The molecule has 134 valence electrons. The van der Waals surface area contributed by atoms with Crippen LogP contribution >= 0.6 is 18.7 Å². The predicted molar refractivity (Wildman–Crippen MR) is 108 cm³/mol. The second-order valence-corrected chi connectivity index (χ2v) is 9.51. The first-order valence-corrected chi connectivity index (χ1v) is 11.1. The fourth-order valence-electron chi connectivity index (χ4n) is 2.60. The average molecular weight is 386 g/mol. The van der Waals surface area contributed by atoms with Crippen LogP contribution in [-0.4, -0.2) is 17.5 Å². The quantitative estimate of drug-likeness (QED) is 0.440. The number of benzene rings is 2. The minimum Gasteiger partial charge on any atom is -0.397 e. The molecule has 0 fully saturated rings. The van der Waals surface area contributed by atoms with Crippen LogP contribution in [0.15, 0.2) is 60.0 Å². The Morgan fingerprint density at radius 3 is 2.69 bits per heavy atom. The van der Waals surface area contributed by atoms with E-state index >= 15 is 0 Å². The Balaban J connectivity index is 1.83. The van der Waals surface area contributed by atoms with Crippen LogP contribution in [0.2, 0.25) is 0 Å². The van der Waals surface area contributed by atoms with Gasteiger partial charge in [0.1, 0.15) is 0 Å². The molecular weight excluding hydrogens is 367 g/mol. The lowest BCUT2D eigenvalue weighted by Gasteiger charge is -2.11. The summed E-state index contributed by atoms with van der Waals surface area (Å²) < 4.78 is 11.6. The lowest BCUT2D eigenvalue weighted by Crippen LogP contribution is -2.13. The van der Waals surface area contributed by atoms with Gasteiger partial charge in [-0.05, 0) is 46.8 Å². The van der Waals surface area contributed by atoms with E-state index in [9.17, 15) is 14.3 Å². The highest BCUT2D eigenvalue weighted by Crippen LogP contribution is 2.39. The molecule has 0 bridgehead atoms. The van der Waals surface area contributed by atoms with Crippen molar-refractivity contribution < 1.29 is 14.3 Å². The Labute approximate surface area is 156 Å². The summed E-state index contributed by atoms with van der Waals surface area (Å²) in [5, 5.41) is 4.82. The number of hydrogen-bond acceptors (Lipinski definition) is 4. The highest BCUT2D eigenvalue weighted by atomic mass is 32.1. The molecule has 1 atom stereocenters. The Hall–Kier alpha value is -2.40. The van der Waals surface area contributed by atoms with E-state index in [0.29, 0.717) is 22.5 Å². The molecule has 4 N–H and O–H groups in total. The zero-order chi connectivity index (χ0) is 18.7. The molecule has 0 aliphatic heterocycles.